The van der Waals surface area contributed by atoms with Crippen molar-refractivity contribution in [3.63, 3.8) is 0 Å². The van der Waals surface area contributed by atoms with Gasteiger partial charge < -0.3 is 14.8 Å². The van der Waals surface area contributed by atoms with Crippen molar-refractivity contribution < 1.29 is 18.7 Å². The monoisotopic (exact) mass is 365 g/mol. The van der Waals surface area contributed by atoms with E-state index in [2.05, 4.69) is 5.32 Å². The molecule has 0 unspecified atom stereocenters. The normalized spacial score (nSPS) is 11.7. The van der Waals surface area contributed by atoms with Crippen LogP contribution in [0.5, 0.6) is 11.5 Å². The molecule has 0 saturated carbocycles. The van der Waals surface area contributed by atoms with E-state index in [1.54, 1.807) is 26.4 Å². The van der Waals surface area contributed by atoms with Gasteiger partial charge in [0.1, 0.15) is 5.82 Å². The van der Waals surface area contributed by atoms with Gasteiger partial charge in [0.2, 0.25) is 5.91 Å². The van der Waals surface area contributed by atoms with Crippen LogP contribution in [0.1, 0.15) is 30.5 Å². The lowest BCUT2D eigenvalue weighted by atomic mass is 10.0. The number of ether oxygens (including phenoxy) is 2. The highest BCUT2D eigenvalue weighted by molar-refractivity contribution is 6.30. The summed E-state index contributed by atoms with van der Waals surface area (Å²) in [6, 6.07) is 9.59. The molecular weight excluding hydrogens is 345 g/mol. The van der Waals surface area contributed by atoms with Crippen molar-refractivity contribution >= 4 is 17.5 Å². The highest BCUT2D eigenvalue weighted by atomic mass is 35.5. The van der Waals surface area contributed by atoms with Crippen LogP contribution in [-0.4, -0.2) is 20.1 Å². The Balaban J connectivity index is 2.12. The third-order valence-electron chi connectivity index (χ3n) is 3.92. The van der Waals surface area contributed by atoms with Crippen molar-refractivity contribution in [3.05, 3.63) is 58.4 Å². The van der Waals surface area contributed by atoms with Crippen LogP contribution in [0, 0.1) is 5.82 Å². The van der Waals surface area contributed by atoms with Gasteiger partial charge >= 0.3 is 0 Å². The van der Waals surface area contributed by atoms with E-state index in [9.17, 15) is 9.18 Å². The van der Waals surface area contributed by atoms with E-state index >= 15 is 0 Å². The second-order valence-corrected chi connectivity index (χ2v) is 5.99. The fraction of sp³-hybridized carbons (Fsp3) is 0.316. The maximum Gasteiger partial charge on any atom is 0.225 e. The molecule has 1 amide bonds. The number of methoxy groups -OCH3 is 2. The second kappa shape index (κ2) is 8.72. The number of hydrogen-bond donors (Lipinski definition) is 1. The summed E-state index contributed by atoms with van der Waals surface area (Å²) in [5.41, 5.74) is 1.20. The highest BCUT2D eigenvalue weighted by Crippen LogP contribution is 2.31. The third-order valence-corrected chi connectivity index (χ3v) is 4.15. The first kappa shape index (κ1) is 19.1. The first-order valence-electron chi connectivity index (χ1n) is 7.93. The molecule has 4 nitrogen and oxygen atoms in total. The maximum atomic E-state index is 13.8. The standard InChI is InChI=1S/C19H21ClFNO3/c1-4-16(13-6-8-17(24-2)18(9-13)25-3)22-19(23)10-12-5-7-14(20)11-15(12)21/h5-9,11,16H,4,10H2,1-3H3,(H,22,23)/t16-/m0/s1. The van der Waals surface area contributed by atoms with Gasteiger partial charge in [0, 0.05) is 5.02 Å². The Bertz CT molecular complexity index is 751. The lowest BCUT2D eigenvalue weighted by Gasteiger charge is -2.19. The van der Waals surface area contributed by atoms with Gasteiger partial charge in [0.15, 0.2) is 11.5 Å². The maximum absolute atomic E-state index is 13.8. The molecule has 0 bridgehead atoms. The van der Waals surface area contributed by atoms with Crippen LogP contribution in [0.25, 0.3) is 0 Å². The smallest absolute Gasteiger partial charge is 0.225 e. The van der Waals surface area contributed by atoms with Crippen LogP contribution in [0.15, 0.2) is 36.4 Å². The molecule has 0 aliphatic carbocycles. The number of carbonyl (C=O) groups is 1. The topological polar surface area (TPSA) is 47.6 Å². The molecule has 0 saturated heterocycles. The zero-order chi connectivity index (χ0) is 18.4. The SMILES string of the molecule is CC[C@H](NC(=O)Cc1ccc(Cl)cc1F)c1ccc(OC)c(OC)c1. The molecule has 1 N–H and O–H groups in total. The Kier molecular flexibility index (Phi) is 6.65. The Hall–Kier alpha value is -2.27. The van der Waals surface area contributed by atoms with Crippen LogP contribution < -0.4 is 14.8 Å². The molecule has 0 radical (unpaired) electrons. The second-order valence-electron chi connectivity index (χ2n) is 5.56. The summed E-state index contributed by atoms with van der Waals surface area (Å²) in [6.45, 7) is 1.96. The van der Waals surface area contributed by atoms with Gasteiger partial charge in [-0.3, -0.25) is 4.79 Å². The van der Waals surface area contributed by atoms with Crippen molar-refractivity contribution in [2.24, 2.45) is 0 Å². The van der Waals surface area contributed by atoms with Gasteiger partial charge in [-0.2, -0.15) is 0 Å². The summed E-state index contributed by atoms with van der Waals surface area (Å²) in [5, 5.41) is 3.23. The molecule has 134 valence electrons. The zero-order valence-electron chi connectivity index (χ0n) is 14.4. The van der Waals surface area contributed by atoms with Crippen molar-refractivity contribution in [3.8, 4) is 11.5 Å². The molecule has 6 heteroatoms. The number of hydrogen-bond acceptors (Lipinski definition) is 3. The van der Waals surface area contributed by atoms with E-state index in [1.165, 1.54) is 12.1 Å². The number of carbonyl (C=O) groups excluding carboxylic acids is 1. The molecular formula is C19H21ClFNO3. The van der Waals surface area contributed by atoms with E-state index in [-0.39, 0.29) is 18.4 Å². The van der Waals surface area contributed by atoms with Gasteiger partial charge in [0.25, 0.3) is 0 Å². The molecule has 2 aromatic carbocycles. The quantitative estimate of drug-likeness (QED) is 0.795. The summed E-state index contributed by atoms with van der Waals surface area (Å²) in [5.74, 6) is 0.469. The molecule has 25 heavy (non-hydrogen) atoms. The molecule has 0 heterocycles. The summed E-state index contributed by atoms with van der Waals surface area (Å²) < 4.78 is 24.4. The molecule has 0 spiro atoms. The van der Waals surface area contributed by atoms with Gasteiger partial charge in [-0.05, 0) is 41.8 Å². The molecule has 2 rings (SSSR count). The number of halogens is 2. The third kappa shape index (κ3) is 4.86. The predicted molar refractivity (Wildman–Crippen MR) is 95.8 cm³/mol. The van der Waals surface area contributed by atoms with E-state index in [4.69, 9.17) is 21.1 Å². The summed E-state index contributed by atoms with van der Waals surface area (Å²) in [6.07, 6.45) is 0.636. The minimum atomic E-state index is -0.484. The van der Waals surface area contributed by atoms with E-state index < -0.39 is 5.82 Å². The molecule has 1 atom stereocenters. The van der Waals surface area contributed by atoms with Gasteiger partial charge in [-0.1, -0.05) is 30.7 Å². The Morgan fingerprint density at radius 3 is 2.48 bits per heavy atom. The summed E-state index contributed by atoms with van der Waals surface area (Å²) in [7, 11) is 3.13. The highest BCUT2D eigenvalue weighted by Gasteiger charge is 2.16. The van der Waals surface area contributed by atoms with Gasteiger partial charge in [-0.15, -0.1) is 0 Å². The Morgan fingerprint density at radius 1 is 1.16 bits per heavy atom. The average molecular weight is 366 g/mol. The van der Waals surface area contributed by atoms with E-state index in [0.29, 0.717) is 28.5 Å². The number of benzene rings is 2. The van der Waals surface area contributed by atoms with Crippen LogP contribution in [0.4, 0.5) is 4.39 Å². The van der Waals surface area contributed by atoms with Crippen LogP contribution >= 0.6 is 11.6 Å². The van der Waals surface area contributed by atoms with Crippen LogP contribution in [0.3, 0.4) is 0 Å². The lowest BCUT2D eigenvalue weighted by molar-refractivity contribution is -0.121. The fourth-order valence-corrected chi connectivity index (χ4v) is 2.73. The first-order valence-corrected chi connectivity index (χ1v) is 8.31. The molecule has 0 aliphatic heterocycles. The largest absolute Gasteiger partial charge is 0.493 e. The van der Waals surface area contributed by atoms with Gasteiger partial charge in [-0.25, -0.2) is 4.39 Å². The predicted octanol–water partition coefficient (Wildman–Crippen LogP) is 4.31. The van der Waals surface area contributed by atoms with Crippen molar-refractivity contribution in [2.45, 2.75) is 25.8 Å². The molecule has 0 fully saturated rings. The number of amides is 1. The van der Waals surface area contributed by atoms with Crippen molar-refractivity contribution in [1.29, 1.82) is 0 Å². The van der Waals surface area contributed by atoms with Crippen LogP contribution in [-0.2, 0) is 11.2 Å². The van der Waals surface area contributed by atoms with Crippen LogP contribution in [0.2, 0.25) is 5.02 Å². The van der Waals surface area contributed by atoms with E-state index in [0.717, 1.165) is 5.56 Å². The summed E-state index contributed by atoms with van der Waals surface area (Å²) >= 11 is 5.73. The average Bonchev–Trinajstić information content (AvgIpc) is 2.61. The van der Waals surface area contributed by atoms with Gasteiger partial charge in [0.05, 0.1) is 26.7 Å². The minimum Gasteiger partial charge on any atom is -0.493 e. The Labute approximate surface area is 151 Å². The lowest BCUT2D eigenvalue weighted by Crippen LogP contribution is -2.29. The molecule has 0 aliphatic rings. The number of rotatable bonds is 7. The fourth-order valence-electron chi connectivity index (χ4n) is 2.57. The van der Waals surface area contributed by atoms with E-state index in [1.807, 2.05) is 19.1 Å². The first-order chi connectivity index (χ1) is 12.0. The zero-order valence-corrected chi connectivity index (χ0v) is 15.2. The van der Waals surface area contributed by atoms with Crippen molar-refractivity contribution in [2.75, 3.05) is 14.2 Å². The molecule has 2 aromatic rings. The summed E-state index contributed by atoms with van der Waals surface area (Å²) in [4.78, 5) is 12.3. The minimum absolute atomic E-state index is 0.0488. The van der Waals surface area contributed by atoms with Crippen molar-refractivity contribution in [1.82, 2.24) is 5.32 Å². The molecule has 0 aromatic heterocycles. The number of nitrogens with one attached hydrogen (secondary N) is 1. The Morgan fingerprint density at radius 2 is 1.88 bits per heavy atom.